The number of rotatable bonds is 14. The van der Waals surface area contributed by atoms with Gasteiger partial charge < -0.3 is 64.4 Å². The monoisotopic (exact) mass is 713 g/mol. The number of hydrogen-bond donors (Lipinski definition) is 7. The van der Waals surface area contributed by atoms with Crippen molar-refractivity contribution in [3.8, 4) is 34.5 Å². The fourth-order valence-corrected chi connectivity index (χ4v) is 6.03. The first kappa shape index (κ1) is 37.3. The molecule has 2 aliphatic rings. The lowest BCUT2D eigenvalue weighted by Crippen LogP contribution is -2.60. The lowest BCUT2D eigenvalue weighted by molar-refractivity contribution is -0.277. The first-order valence-electron chi connectivity index (χ1n) is 16.7. The second-order valence-corrected chi connectivity index (χ2v) is 12.0. The topological polar surface area (TPSA) is 223 Å². The fourth-order valence-electron chi connectivity index (χ4n) is 6.03. The van der Waals surface area contributed by atoms with Crippen LogP contribution in [0.4, 0.5) is 5.69 Å². The van der Waals surface area contributed by atoms with Gasteiger partial charge in [0.15, 0.2) is 23.0 Å². The van der Waals surface area contributed by atoms with Crippen LogP contribution in [0.1, 0.15) is 57.7 Å². The maximum Gasteiger partial charge on any atom is 0.342 e. The van der Waals surface area contributed by atoms with Gasteiger partial charge in [-0.2, -0.15) is 0 Å². The first-order chi connectivity index (χ1) is 24.5. The molecule has 0 spiro atoms. The zero-order chi connectivity index (χ0) is 36.8. The van der Waals surface area contributed by atoms with Crippen molar-refractivity contribution in [1.29, 1.82) is 0 Å². The quantitative estimate of drug-likeness (QED) is 0.119. The van der Waals surface area contributed by atoms with Gasteiger partial charge in [-0.15, -0.1) is 0 Å². The minimum atomic E-state index is -1.81. The molecule has 0 aromatic heterocycles. The molecule has 5 atom stereocenters. The summed E-state index contributed by atoms with van der Waals surface area (Å²) in [4.78, 5) is 25.4. The molecule has 0 saturated carbocycles. The molecule has 1 fully saturated rings. The number of nitrogens with one attached hydrogen (secondary N) is 1. The number of carboxylic acid groups (broad SMARTS) is 1. The minimum Gasteiger partial charge on any atom is -0.504 e. The van der Waals surface area contributed by atoms with Crippen LogP contribution >= 0.6 is 0 Å². The normalized spacial score (nSPS) is 21.2. The van der Waals surface area contributed by atoms with E-state index in [9.17, 15) is 40.2 Å². The maximum atomic E-state index is 13.3. The standard InChI is InChI=1S/C36H43NO14/c1-4-18-8-6-9-19(14-18)11-13-48-33-27(38)21(15-23(46-3)29(33)40)35(45)49-17-25-28(39)30(41)31(42)36(51-25)50-24-16-22(37-5-2)26(34(43)44)20-10-7-12-47-32(20)24/h6,8-9,14-16,25,28,30-31,36-42H,4-5,7,10-13,17H2,1-3H3,(H,43,44)/t25-,28+,30-,31+,36+/m0/s1. The van der Waals surface area contributed by atoms with Gasteiger partial charge in [0, 0.05) is 30.7 Å². The van der Waals surface area contributed by atoms with E-state index in [2.05, 4.69) is 5.32 Å². The largest absolute Gasteiger partial charge is 0.504 e. The van der Waals surface area contributed by atoms with Crippen LogP contribution in [0.25, 0.3) is 0 Å². The van der Waals surface area contributed by atoms with E-state index in [0.717, 1.165) is 23.6 Å². The molecule has 276 valence electrons. The Morgan fingerprint density at radius 2 is 1.75 bits per heavy atom. The van der Waals surface area contributed by atoms with E-state index in [-0.39, 0.29) is 41.7 Å². The molecular weight excluding hydrogens is 670 g/mol. The van der Waals surface area contributed by atoms with Crippen molar-refractivity contribution in [3.05, 3.63) is 64.2 Å². The highest BCUT2D eigenvalue weighted by atomic mass is 16.7. The lowest BCUT2D eigenvalue weighted by Gasteiger charge is -2.40. The number of fused-ring (bicyclic) bond motifs is 1. The predicted molar refractivity (Wildman–Crippen MR) is 180 cm³/mol. The van der Waals surface area contributed by atoms with Gasteiger partial charge in [-0.3, -0.25) is 0 Å². The van der Waals surface area contributed by atoms with Crippen LogP contribution in [0, 0.1) is 0 Å². The summed E-state index contributed by atoms with van der Waals surface area (Å²) in [6, 6.07) is 10.3. The number of carboxylic acids is 1. The molecule has 0 bridgehead atoms. The Labute approximate surface area is 293 Å². The van der Waals surface area contributed by atoms with Crippen LogP contribution < -0.4 is 24.3 Å². The fraction of sp³-hybridized carbons (Fsp3) is 0.444. The van der Waals surface area contributed by atoms with Crippen LogP contribution in [-0.2, 0) is 28.7 Å². The van der Waals surface area contributed by atoms with Gasteiger partial charge in [0.05, 0.1) is 31.6 Å². The van der Waals surface area contributed by atoms with E-state index in [1.165, 1.54) is 13.2 Å². The molecule has 0 unspecified atom stereocenters. The number of aromatic carboxylic acids is 1. The van der Waals surface area contributed by atoms with Crippen molar-refractivity contribution in [2.24, 2.45) is 0 Å². The molecule has 15 heteroatoms. The van der Waals surface area contributed by atoms with Gasteiger partial charge in [0.2, 0.25) is 17.8 Å². The molecule has 3 aromatic rings. The van der Waals surface area contributed by atoms with Crippen molar-refractivity contribution in [1.82, 2.24) is 0 Å². The van der Waals surface area contributed by atoms with Gasteiger partial charge in [0.1, 0.15) is 36.6 Å². The lowest BCUT2D eigenvalue weighted by atomic mass is 9.97. The number of aliphatic hydroxyl groups excluding tert-OH is 3. The molecule has 2 heterocycles. The number of aryl methyl sites for hydroxylation is 1. The highest BCUT2D eigenvalue weighted by Gasteiger charge is 2.46. The van der Waals surface area contributed by atoms with Crippen molar-refractivity contribution in [2.45, 2.75) is 70.2 Å². The summed E-state index contributed by atoms with van der Waals surface area (Å²) in [5.41, 5.74) is 2.34. The van der Waals surface area contributed by atoms with E-state index in [0.29, 0.717) is 31.4 Å². The highest BCUT2D eigenvalue weighted by molar-refractivity contribution is 5.98. The van der Waals surface area contributed by atoms with E-state index in [4.69, 9.17) is 28.4 Å². The number of benzene rings is 3. The third kappa shape index (κ3) is 8.01. The third-order valence-electron chi connectivity index (χ3n) is 8.70. The second kappa shape index (κ2) is 16.4. The second-order valence-electron chi connectivity index (χ2n) is 12.0. The number of carbonyl (C=O) groups excluding carboxylic acids is 1. The van der Waals surface area contributed by atoms with E-state index < -0.39 is 72.1 Å². The molecule has 3 aromatic carbocycles. The summed E-state index contributed by atoms with van der Waals surface area (Å²) in [6.45, 7) is 3.87. The van der Waals surface area contributed by atoms with Crippen molar-refractivity contribution in [3.63, 3.8) is 0 Å². The van der Waals surface area contributed by atoms with Crippen molar-refractivity contribution >= 4 is 17.6 Å². The Bertz CT molecular complexity index is 1730. The highest BCUT2D eigenvalue weighted by Crippen LogP contribution is 2.46. The van der Waals surface area contributed by atoms with E-state index >= 15 is 0 Å². The van der Waals surface area contributed by atoms with E-state index in [1.54, 1.807) is 6.92 Å². The Morgan fingerprint density at radius 3 is 2.45 bits per heavy atom. The first-order valence-corrected chi connectivity index (χ1v) is 16.7. The Kier molecular flexibility index (Phi) is 12.0. The van der Waals surface area contributed by atoms with E-state index in [1.807, 2.05) is 31.2 Å². The molecule has 0 aliphatic carbocycles. The Balaban J connectivity index is 1.32. The number of carbonyl (C=O) groups is 2. The van der Waals surface area contributed by atoms with Crippen LogP contribution in [0.3, 0.4) is 0 Å². The third-order valence-corrected chi connectivity index (χ3v) is 8.70. The van der Waals surface area contributed by atoms with Crippen molar-refractivity contribution in [2.75, 3.05) is 38.8 Å². The number of methoxy groups -OCH3 is 1. The summed E-state index contributed by atoms with van der Waals surface area (Å²) < 4.78 is 33.7. The molecule has 5 rings (SSSR count). The number of phenolic OH excluding ortho intramolecular Hbond substituents is 2. The number of phenols is 2. The summed E-state index contributed by atoms with van der Waals surface area (Å²) in [7, 11) is 1.25. The van der Waals surface area contributed by atoms with Gasteiger partial charge in [-0.1, -0.05) is 31.2 Å². The maximum absolute atomic E-state index is 13.3. The van der Waals surface area contributed by atoms with Crippen LogP contribution in [0.15, 0.2) is 36.4 Å². The van der Waals surface area contributed by atoms with Crippen LogP contribution in [0.2, 0.25) is 0 Å². The summed E-state index contributed by atoms with van der Waals surface area (Å²) >= 11 is 0. The summed E-state index contributed by atoms with van der Waals surface area (Å²) in [6.07, 6.45) is -6.14. The predicted octanol–water partition coefficient (Wildman–Crippen LogP) is 2.79. The molecule has 0 amide bonds. The Hall–Kier alpha value is -4.96. The van der Waals surface area contributed by atoms with Gasteiger partial charge in [-0.05, 0) is 37.3 Å². The molecule has 0 radical (unpaired) electrons. The van der Waals surface area contributed by atoms with Gasteiger partial charge >= 0.3 is 11.9 Å². The minimum absolute atomic E-state index is 0.0219. The number of aromatic hydroxyl groups is 2. The van der Waals surface area contributed by atoms with Crippen LogP contribution in [-0.4, -0.2) is 107 Å². The molecule has 7 N–H and O–H groups in total. The van der Waals surface area contributed by atoms with Crippen molar-refractivity contribution < 1.29 is 68.6 Å². The number of anilines is 1. The SMILES string of the molecule is CCNc1cc(O[C@@H]2O[C@@H](COC(=O)c3cc(OC)c(O)c(OCCc4cccc(CC)c4)c3O)[C@@H](O)[C@H](O)[C@H]2O)c2c(c1C(=O)O)CCCO2. The zero-order valence-corrected chi connectivity index (χ0v) is 28.5. The molecule has 51 heavy (non-hydrogen) atoms. The number of hydrogen-bond acceptors (Lipinski definition) is 14. The molecule has 1 saturated heterocycles. The van der Waals surface area contributed by atoms with Gasteiger partial charge in [-0.25, -0.2) is 9.59 Å². The smallest absolute Gasteiger partial charge is 0.342 e. The zero-order valence-electron chi connectivity index (χ0n) is 28.5. The van der Waals surface area contributed by atoms with Crippen LogP contribution in [0.5, 0.6) is 34.5 Å². The number of esters is 1. The summed E-state index contributed by atoms with van der Waals surface area (Å²) in [5, 5.41) is 66.7. The number of ether oxygens (including phenoxy) is 6. The van der Waals surface area contributed by atoms with Gasteiger partial charge in [0.25, 0.3) is 0 Å². The number of aliphatic hydroxyl groups is 3. The molecular formula is C36H43NO14. The summed E-state index contributed by atoms with van der Waals surface area (Å²) in [5.74, 6) is -3.93. The average molecular weight is 714 g/mol. The molecule has 15 nitrogen and oxygen atoms in total. The average Bonchev–Trinajstić information content (AvgIpc) is 3.12. The Morgan fingerprint density at radius 1 is 0.980 bits per heavy atom. The molecule has 2 aliphatic heterocycles.